The van der Waals surface area contributed by atoms with Gasteiger partial charge < -0.3 is 15.2 Å². The summed E-state index contributed by atoms with van der Waals surface area (Å²) in [6, 6.07) is 4.37. The second-order valence-electron chi connectivity index (χ2n) is 4.93. The number of carboxylic acids is 1. The fourth-order valence-electron chi connectivity index (χ4n) is 2.27. The molecule has 0 aliphatic heterocycles. The number of hydrogen-bond acceptors (Lipinski definition) is 3. The summed E-state index contributed by atoms with van der Waals surface area (Å²) in [5.74, 6) is -3.59. The Hall–Kier alpha value is -2.17. The molecule has 1 amide bonds. The Morgan fingerprint density at radius 3 is 2.50 bits per heavy atom. The third-order valence-corrected chi connectivity index (χ3v) is 3.51. The predicted molar refractivity (Wildman–Crippen MR) is 70.1 cm³/mol. The number of halogens is 1. The number of anilines is 1. The molecule has 0 unspecified atom stereocenters. The van der Waals surface area contributed by atoms with Gasteiger partial charge >= 0.3 is 0 Å². The molecule has 1 N–H and O–H groups in total. The predicted octanol–water partition coefficient (Wildman–Crippen LogP) is 1.40. The fourth-order valence-corrected chi connectivity index (χ4v) is 2.27. The van der Waals surface area contributed by atoms with Crippen molar-refractivity contribution in [3.63, 3.8) is 0 Å². The summed E-state index contributed by atoms with van der Waals surface area (Å²) in [7, 11) is 0. The lowest BCUT2D eigenvalue weighted by atomic mass is 9.82. The van der Waals surface area contributed by atoms with Crippen molar-refractivity contribution in [2.24, 2.45) is 11.8 Å². The Bertz CT molecular complexity index is 568. The van der Waals surface area contributed by atoms with E-state index in [1.54, 1.807) is 31.2 Å². The number of carbonyl (C=O) groups excluding carboxylic acids is 2. The van der Waals surface area contributed by atoms with Gasteiger partial charge in [-0.2, -0.15) is 0 Å². The molecule has 1 aromatic rings. The van der Waals surface area contributed by atoms with E-state index in [9.17, 15) is 19.1 Å². The van der Waals surface area contributed by atoms with Gasteiger partial charge in [0.25, 0.3) is 0 Å². The first-order chi connectivity index (χ1) is 9.49. The van der Waals surface area contributed by atoms with Crippen LogP contribution in [0.2, 0.25) is 0 Å². The number of nitrogens with one attached hydrogen (secondary N) is 1. The van der Waals surface area contributed by atoms with Crippen LogP contribution in [0.15, 0.2) is 30.4 Å². The molecule has 1 aliphatic carbocycles. The van der Waals surface area contributed by atoms with E-state index in [4.69, 9.17) is 0 Å². The molecule has 5 heteroatoms. The maximum Gasteiger partial charge on any atom is 0.228 e. The molecule has 2 rings (SSSR count). The number of rotatable bonds is 3. The van der Waals surface area contributed by atoms with E-state index < -0.39 is 29.5 Å². The van der Waals surface area contributed by atoms with Crippen molar-refractivity contribution in [2.75, 3.05) is 5.32 Å². The second kappa shape index (κ2) is 5.86. The molecule has 1 aromatic carbocycles. The molecule has 106 valence electrons. The van der Waals surface area contributed by atoms with Crippen LogP contribution >= 0.6 is 0 Å². The molecule has 0 fully saturated rings. The van der Waals surface area contributed by atoms with Crippen LogP contribution in [-0.4, -0.2) is 11.9 Å². The summed E-state index contributed by atoms with van der Waals surface area (Å²) < 4.78 is 13.4. The van der Waals surface area contributed by atoms with Gasteiger partial charge in [0.2, 0.25) is 5.91 Å². The van der Waals surface area contributed by atoms with Crippen molar-refractivity contribution < 1.29 is 19.1 Å². The lowest BCUT2D eigenvalue weighted by Gasteiger charge is -2.28. The largest absolute Gasteiger partial charge is 0.550 e. The number of hydrogen-bond donors (Lipinski definition) is 1. The monoisotopic (exact) mass is 276 g/mol. The van der Waals surface area contributed by atoms with Crippen LogP contribution in [0.3, 0.4) is 0 Å². The van der Waals surface area contributed by atoms with E-state index in [1.165, 1.54) is 6.07 Å². The van der Waals surface area contributed by atoms with Crippen molar-refractivity contribution in [3.8, 4) is 0 Å². The van der Waals surface area contributed by atoms with Gasteiger partial charge in [0, 0.05) is 17.6 Å². The maximum atomic E-state index is 13.4. The van der Waals surface area contributed by atoms with Gasteiger partial charge in [0.1, 0.15) is 5.82 Å². The Morgan fingerprint density at radius 2 is 1.90 bits per heavy atom. The zero-order chi connectivity index (χ0) is 14.7. The third-order valence-electron chi connectivity index (χ3n) is 3.51. The normalized spacial score (nSPS) is 21.5. The molecule has 0 aromatic heterocycles. The molecule has 0 saturated carbocycles. The van der Waals surface area contributed by atoms with Crippen molar-refractivity contribution in [1.82, 2.24) is 0 Å². The molecule has 0 spiro atoms. The molecule has 2 atom stereocenters. The van der Waals surface area contributed by atoms with Crippen LogP contribution in [0.5, 0.6) is 0 Å². The Morgan fingerprint density at radius 1 is 1.25 bits per heavy atom. The van der Waals surface area contributed by atoms with E-state index in [0.717, 1.165) is 0 Å². The topological polar surface area (TPSA) is 69.2 Å². The average Bonchev–Trinajstić information content (AvgIpc) is 2.43. The number of amides is 1. The minimum atomic E-state index is -1.23. The SMILES string of the molecule is Cc1ccc(NC(=O)[C@@H]2CC=CC[C@@H]2C(=O)[O-])cc1F. The van der Waals surface area contributed by atoms with Crippen molar-refractivity contribution in [2.45, 2.75) is 19.8 Å². The number of carboxylic acid groups (broad SMARTS) is 1. The third kappa shape index (κ3) is 3.04. The smallest absolute Gasteiger partial charge is 0.228 e. The van der Waals surface area contributed by atoms with Crippen LogP contribution in [0, 0.1) is 24.6 Å². The number of aryl methyl sites for hydroxylation is 1. The maximum absolute atomic E-state index is 13.4. The molecule has 4 nitrogen and oxygen atoms in total. The highest BCUT2D eigenvalue weighted by Crippen LogP contribution is 2.26. The van der Waals surface area contributed by atoms with Gasteiger partial charge in [-0.25, -0.2) is 4.39 Å². The Balaban J connectivity index is 2.12. The Kier molecular flexibility index (Phi) is 4.17. The van der Waals surface area contributed by atoms with Crippen LogP contribution in [-0.2, 0) is 9.59 Å². The lowest BCUT2D eigenvalue weighted by molar-refractivity contribution is -0.313. The molecular weight excluding hydrogens is 261 g/mol. The number of allylic oxidation sites excluding steroid dienone is 2. The first-order valence-corrected chi connectivity index (χ1v) is 6.42. The van der Waals surface area contributed by atoms with Crippen molar-refractivity contribution in [1.29, 1.82) is 0 Å². The quantitative estimate of drug-likeness (QED) is 0.848. The van der Waals surface area contributed by atoms with Crippen LogP contribution in [0.4, 0.5) is 10.1 Å². The minimum absolute atomic E-state index is 0.280. The first-order valence-electron chi connectivity index (χ1n) is 6.42. The Labute approximate surface area is 116 Å². The van der Waals surface area contributed by atoms with Gasteiger partial charge in [-0.3, -0.25) is 4.79 Å². The molecule has 20 heavy (non-hydrogen) atoms. The van der Waals surface area contributed by atoms with Crippen LogP contribution in [0.25, 0.3) is 0 Å². The highest BCUT2D eigenvalue weighted by Gasteiger charge is 2.29. The molecule has 0 bridgehead atoms. The van der Waals surface area contributed by atoms with Gasteiger partial charge in [0.05, 0.1) is 5.92 Å². The summed E-state index contributed by atoms with van der Waals surface area (Å²) in [5, 5.41) is 13.6. The van der Waals surface area contributed by atoms with Crippen LogP contribution < -0.4 is 10.4 Å². The first kappa shape index (κ1) is 14.2. The minimum Gasteiger partial charge on any atom is -0.550 e. The average molecular weight is 276 g/mol. The number of aliphatic carboxylic acids is 1. The summed E-state index contributed by atoms with van der Waals surface area (Å²) in [6.07, 6.45) is 4.14. The standard InChI is InChI=1S/C15H16FNO3/c1-9-6-7-10(8-13(9)16)17-14(18)11-4-2-3-5-12(11)15(19)20/h2-3,6-8,11-12H,4-5H2,1H3,(H,17,18)(H,19,20)/p-1/t11-,12+/m1/s1. The second-order valence-corrected chi connectivity index (χ2v) is 4.93. The van der Waals surface area contributed by atoms with E-state index in [1.807, 2.05) is 0 Å². The summed E-state index contributed by atoms with van der Waals surface area (Å²) in [4.78, 5) is 23.2. The fraction of sp³-hybridized carbons (Fsp3) is 0.333. The highest BCUT2D eigenvalue weighted by molar-refractivity contribution is 5.95. The van der Waals surface area contributed by atoms with E-state index >= 15 is 0 Å². The van der Waals surface area contributed by atoms with Crippen molar-refractivity contribution >= 4 is 17.6 Å². The highest BCUT2D eigenvalue weighted by atomic mass is 19.1. The molecule has 0 saturated heterocycles. The van der Waals surface area contributed by atoms with Gasteiger partial charge in [-0.05, 0) is 37.5 Å². The summed E-state index contributed by atoms with van der Waals surface area (Å²) in [5.41, 5.74) is 0.806. The molecular formula is C15H15FNO3-. The van der Waals surface area contributed by atoms with E-state index in [0.29, 0.717) is 17.7 Å². The number of carbonyl (C=O) groups is 2. The number of benzene rings is 1. The van der Waals surface area contributed by atoms with Crippen molar-refractivity contribution in [3.05, 3.63) is 41.7 Å². The molecule has 0 heterocycles. The summed E-state index contributed by atoms with van der Waals surface area (Å²) >= 11 is 0. The van der Waals surface area contributed by atoms with Gasteiger partial charge in [-0.15, -0.1) is 0 Å². The summed E-state index contributed by atoms with van der Waals surface area (Å²) in [6.45, 7) is 1.62. The van der Waals surface area contributed by atoms with Crippen LogP contribution in [0.1, 0.15) is 18.4 Å². The molecule has 1 aliphatic rings. The van der Waals surface area contributed by atoms with Gasteiger partial charge in [-0.1, -0.05) is 18.2 Å². The molecule has 0 radical (unpaired) electrons. The zero-order valence-electron chi connectivity index (χ0n) is 11.1. The lowest BCUT2D eigenvalue weighted by Crippen LogP contribution is -2.41. The van der Waals surface area contributed by atoms with E-state index in [2.05, 4.69) is 5.32 Å². The zero-order valence-corrected chi connectivity index (χ0v) is 11.1. The van der Waals surface area contributed by atoms with E-state index in [-0.39, 0.29) is 6.42 Å². The van der Waals surface area contributed by atoms with Gasteiger partial charge in [0.15, 0.2) is 0 Å².